The maximum atomic E-state index is 13.0. The molecular formula is C13H10F2INO. The Morgan fingerprint density at radius 2 is 1.83 bits per heavy atom. The predicted octanol–water partition coefficient (Wildman–Crippen LogP) is 3.89. The lowest BCUT2D eigenvalue weighted by molar-refractivity contribution is 0.468. The first-order valence-corrected chi connectivity index (χ1v) is 6.30. The molecule has 2 aromatic rings. The van der Waals surface area contributed by atoms with Crippen molar-refractivity contribution < 1.29 is 13.9 Å². The summed E-state index contributed by atoms with van der Waals surface area (Å²) in [6, 6.07) is 8.25. The van der Waals surface area contributed by atoms with Crippen molar-refractivity contribution in [2.75, 3.05) is 5.32 Å². The number of halogens is 3. The van der Waals surface area contributed by atoms with Gasteiger partial charge in [0.2, 0.25) is 0 Å². The van der Waals surface area contributed by atoms with Crippen LogP contribution in [0.15, 0.2) is 36.4 Å². The standard InChI is InChI=1S/C13H10F2INO/c14-9-1-2-13(12(16)6-9)17-7-8-3-10(15)5-11(18)4-8/h1-6,17-18H,7H2. The van der Waals surface area contributed by atoms with Crippen LogP contribution in [0.25, 0.3) is 0 Å². The van der Waals surface area contributed by atoms with Crippen LogP contribution in [0.4, 0.5) is 14.5 Å². The molecule has 94 valence electrons. The molecule has 0 bridgehead atoms. The largest absolute Gasteiger partial charge is 0.508 e. The maximum absolute atomic E-state index is 13.0. The molecule has 0 amide bonds. The van der Waals surface area contributed by atoms with Crippen LogP contribution in [0.3, 0.4) is 0 Å². The van der Waals surface area contributed by atoms with Crippen LogP contribution in [0.5, 0.6) is 5.75 Å². The van der Waals surface area contributed by atoms with Gasteiger partial charge in [-0.15, -0.1) is 0 Å². The first-order valence-electron chi connectivity index (χ1n) is 5.22. The lowest BCUT2D eigenvalue weighted by Crippen LogP contribution is -2.01. The average Bonchev–Trinajstić information content (AvgIpc) is 2.26. The molecule has 2 N–H and O–H groups in total. The summed E-state index contributed by atoms with van der Waals surface area (Å²) in [4.78, 5) is 0. The monoisotopic (exact) mass is 361 g/mol. The fourth-order valence-corrected chi connectivity index (χ4v) is 2.23. The van der Waals surface area contributed by atoms with Gasteiger partial charge in [0, 0.05) is 21.9 Å². The van der Waals surface area contributed by atoms with Gasteiger partial charge < -0.3 is 10.4 Å². The van der Waals surface area contributed by atoms with Crippen LogP contribution in [-0.4, -0.2) is 5.11 Å². The van der Waals surface area contributed by atoms with Gasteiger partial charge in [-0.2, -0.15) is 0 Å². The zero-order valence-corrected chi connectivity index (χ0v) is 11.4. The number of phenolic OH excluding ortho intramolecular Hbond substituents is 1. The summed E-state index contributed by atoms with van der Waals surface area (Å²) >= 11 is 2.02. The Balaban J connectivity index is 2.11. The Labute approximate surface area is 117 Å². The lowest BCUT2D eigenvalue weighted by Gasteiger charge is -2.09. The normalized spacial score (nSPS) is 10.4. The molecule has 0 fully saturated rings. The van der Waals surface area contributed by atoms with Crippen LogP contribution in [0, 0.1) is 15.2 Å². The van der Waals surface area contributed by atoms with Crippen molar-refractivity contribution in [3.63, 3.8) is 0 Å². The van der Waals surface area contributed by atoms with Crippen molar-refractivity contribution in [3.8, 4) is 5.75 Å². The number of hydrogen-bond acceptors (Lipinski definition) is 2. The van der Waals surface area contributed by atoms with E-state index in [0.29, 0.717) is 12.1 Å². The predicted molar refractivity (Wildman–Crippen MR) is 74.5 cm³/mol. The minimum absolute atomic E-state index is 0.111. The summed E-state index contributed by atoms with van der Waals surface area (Å²) in [5.41, 5.74) is 1.38. The Hall–Kier alpha value is -1.37. The van der Waals surface area contributed by atoms with E-state index in [9.17, 15) is 13.9 Å². The van der Waals surface area contributed by atoms with E-state index in [1.54, 1.807) is 6.07 Å². The number of anilines is 1. The first-order chi connectivity index (χ1) is 8.54. The second-order valence-electron chi connectivity index (χ2n) is 3.80. The number of aromatic hydroxyl groups is 1. The second-order valence-corrected chi connectivity index (χ2v) is 4.96. The highest BCUT2D eigenvalue weighted by Gasteiger charge is 2.03. The van der Waals surface area contributed by atoms with Crippen LogP contribution < -0.4 is 5.32 Å². The van der Waals surface area contributed by atoms with Gasteiger partial charge in [0.15, 0.2) is 0 Å². The molecule has 0 aliphatic rings. The number of hydrogen-bond donors (Lipinski definition) is 2. The lowest BCUT2D eigenvalue weighted by atomic mass is 10.2. The van der Waals surface area contributed by atoms with Gasteiger partial charge in [0.25, 0.3) is 0 Å². The van der Waals surface area contributed by atoms with Gasteiger partial charge >= 0.3 is 0 Å². The van der Waals surface area contributed by atoms with Crippen molar-refractivity contribution in [1.82, 2.24) is 0 Å². The molecular weight excluding hydrogens is 351 g/mol. The molecule has 0 radical (unpaired) electrons. The van der Waals surface area contributed by atoms with E-state index in [4.69, 9.17) is 0 Å². The third-order valence-corrected chi connectivity index (χ3v) is 3.25. The molecule has 0 aliphatic carbocycles. The van der Waals surface area contributed by atoms with E-state index < -0.39 is 5.82 Å². The summed E-state index contributed by atoms with van der Waals surface area (Å²) in [7, 11) is 0. The van der Waals surface area contributed by atoms with Gasteiger partial charge in [0.05, 0.1) is 0 Å². The topological polar surface area (TPSA) is 32.3 Å². The van der Waals surface area contributed by atoms with E-state index in [2.05, 4.69) is 5.32 Å². The van der Waals surface area contributed by atoms with Crippen molar-refractivity contribution in [1.29, 1.82) is 0 Å². The fraction of sp³-hybridized carbons (Fsp3) is 0.0769. The summed E-state index contributed by atoms with van der Waals surface area (Å²) in [5.74, 6) is -0.894. The van der Waals surface area contributed by atoms with Gasteiger partial charge in [-0.1, -0.05) is 0 Å². The molecule has 0 aliphatic heterocycles. The zero-order valence-electron chi connectivity index (χ0n) is 9.25. The number of benzene rings is 2. The third-order valence-electron chi connectivity index (χ3n) is 2.36. The Morgan fingerprint density at radius 3 is 2.50 bits per heavy atom. The SMILES string of the molecule is Oc1cc(F)cc(CNc2ccc(F)cc2I)c1. The molecule has 0 spiro atoms. The molecule has 0 saturated carbocycles. The van der Waals surface area contributed by atoms with Crippen LogP contribution in [0.1, 0.15) is 5.56 Å². The molecule has 2 nitrogen and oxygen atoms in total. The van der Waals surface area contributed by atoms with E-state index >= 15 is 0 Å². The minimum Gasteiger partial charge on any atom is -0.508 e. The van der Waals surface area contributed by atoms with Crippen molar-refractivity contribution in [3.05, 3.63) is 57.2 Å². The van der Waals surface area contributed by atoms with E-state index in [1.165, 1.54) is 24.3 Å². The molecule has 5 heteroatoms. The molecule has 2 rings (SSSR count). The fourth-order valence-electron chi connectivity index (χ4n) is 1.57. The molecule has 0 unspecified atom stereocenters. The summed E-state index contributed by atoms with van der Waals surface area (Å²) in [5, 5.41) is 12.3. The molecule has 0 heterocycles. The third kappa shape index (κ3) is 3.32. The van der Waals surface area contributed by atoms with Crippen LogP contribution in [0.2, 0.25) is 0 Å². The summed E-state index contributed by atoms with van der Waals surface area (Å²) in [6.07, 6.45) is 0. The van der Waals surface area contributed by atoms with Gasteiger partial charge in [0.1, 0.15) is 17.4 Å². The molecule has 0 saturated heterocycles. The first kappa shape index (κ1) is 13.1. The number of rotatable bonds is 3. The van der Waals surface area contributed by atoms with Crippen LogP contribution in [-0.2, 0) is 6.54 Å². The minimum atomic E-state index is -0.486. The van der Waals surface area contributed by atoms with Gasteiger partial charge in [-0.25, -0.2) is 8.78 Å². The van der Waals surface area contributed by atoms with E-state index in [0.717, 1.165) is 15.3 Å². The quantitative estimate of drug-likeness (QED) is 0.814. The highest BCUT2D eigenvalue weighted by Crippen LogP contribution is 2.21. The second kappa shape index (κ2) is 5.51. The van der Waals surface area contributed by atoms with E-state index in [-0.39, 0.29) is 11.6 Å². The number of phenols is 1. The zero-order chi connectivity index (χ0) is 13.1. The Morgan fingerprint density at radius 1 is 1.06 bits per heavy atom. The summed E-state index contributed by atoms with van der Waals surface area (Å²) in [6.45, 7) is 0.354. The van der Waals surface area contributed by atoms with Crippen molar-refractivity contribution >= 4 is 28.3 Å². The summed E-state index contributed by atoms with van der Waals surface area (Å²) < 4.78 is 26.7. The molecule has 0 aromatic heterocycles. The molecule has 18 heavy (non-hydrogen) atoms. The number of nitrogens with one attached hydrogen (secondary N) is 1. The maximum Gasteiger partial charge on any atom is 0.127 e. The van der Waals surface area contributed by atoms with Crippen molar-refractivity contribution in [2.45, 2.75) is 6.54 Å². The van der Waals surface area contributed by atoms with Crippen LogP contribution >= 0.6 is 22.6 Å². The molecule has 0 atom stereocenters. The Bertz CT molecular complexity index is 555. The highest BCUT2D eigenvalue weighted by atomic mass is 127. The van der Waals surface area contributed by atoms with Gasteiger partial charge in [-0.05, 0) is 58.5 Å². The average molecular weight is 361 g/mol. The molecule has 2 aromatic carbocycles. The van der Waals surface area contributed by atoms with E-state index in [1.807, 2.05) is 22.6 Å². The Kier molecular flexibility index (Phi) is 4.00. The van der Waals surface area contributed by atoms with Crippen molar-refractivity contribution in [2.24, 2.45) is 0 Å². The smallest absolute Gasteiger partial charge is 0.127 e. The highest BCUT2D eigenvalue weighted by molar-refractivity contribution is 14.1. The van der Waals surface area contributed by atoms with Gasteiger partial charge in [-0.3, -0.25) is 0 Å².